The highest BCUT2D eigenvalue weighted by Crippen LogP contribution is 2.17. The van der Waals surface area contributed by atoms with Crippen molar-refractivity contribution < 1.29 is 29.7 Å². The molecule has 7 nitrogen and oxygen atoms in total. The minimum atomic E-state index is -1.78. The molecular formula is C16H15NO6S. The summed E-state index contributed by atoms with van der Waals surface area (Å²) < 4.78 is 0. The molecule has 0 aliphatic heterocycles. The highest BCUT2D eigenvalue weighted by Gasteiger charge is 2.28. The number of thiophene rings is 1. The Balaban J connectivity index is 2.15. The van der Waals surface area contributed by atoms with Crippen LogP contribution in [-0.2, 0) is 11.2 Å². The standard InChI is InChI=1S/C16H15NO6S/c18-13(16(22)23)10(8-9-4-2-1-3-5-9)17-14(19)11-6-7-12(24-11)15(20)21/h1-7,10,13,18H,8H2,(H,17,19)(H,20,21)(H,22,23)/t10-,13-/m1/s1. The molecule has 1 heterocycles. The maximum Gasteiger partial charge on any atom is 0.345 e. The maximum atomic E-state index is 12.2. The molecule has 0 unspecified atom stereocenters. The molecule has 4 N–H and O–H groups in total. The van der Waals surface area contributed by atoms with Crippen LogP contribution in [-0.4, -0.2) is 45.3 Å². The summed E-state index contributed by atoms with van der Waals surface area (Å²) in [6, 6.07) is 10.4. The van der Waals surface area contributed by atoms with Gasteiger partial charge in [-0.25, -0.2) is 9.59 Å². The summed E-state index contributed by atoms with van der Waals surface area (Å²) in [6.07, 6.45) is -1.66. The van der Waals surface area contributed by atoms with Crippen molar-refractivity contribution in [2.24, 2.45) is 0 Å². The van der Waals surface area contributed by atoms with E-state index in [1.165, 1.54) is 12.1 Å². The van der Waals surface area contributed by atoms with Gasteiger partial charge in [0.2, 0.25) is 0 Å². The summed E-state index contributed by atoms with van der Waals surface area (Å²) in [7, 11) is 0. The lowest BCUT2D eigenvalue weighted by Gasteiger charge is -2.21. The van der Waals surface area contributed by atoms with Gasteiger partial charge in [-0.05, 0) is 24.1 Å². The van der Waals surface area contributed by atoms with E-state index in [1.807, 2.05) is 0 Å². The number of hydrogen-bond donors (Lipinski definition) is 4. The molecule has 1 aromatic carbocycles. The molecule has 0 radical (unpaired) electrons. The first-order chi connectivity index (χ1) is 11.4. The number of aliphatic carboxylic acids is 1. The molecule has 2 atom stereocenters. The second-order valence-electron chi connectivity index (χ2n) is 5.02. The Morgan fingerprint density at radius 2 is 1.62 bits per heavy atom. The Morgan fingerprint density at radius 1 is 1.00 bits per heavy atom. The smallest absolute Gasteiger partial charge is 0.345 e. The van der Waals surface area contributed by atoms with Gasteiger partial charge >= 0.3 is 11.9 Å². The van der Waals surface area contributed by atoms with Crippen molar-refractivity contribution in [3.63, 3.8) is 0 Å². The van der Waals surface area contributed by atoms with E-state index in [9.17, 15) is 19.5 Å². The van der Waals surface area contributed by atoms with Gasteiger partial charge in [0, 0.05) is 0 Å². The number of benzene rings is 1. The Morgan fingerprint density at radius 3 is 2.17 bits per heavy atom. The second-order valence-corrected chi connectivity index (χ2v) is 6.11. The zero-order valence-corrected chi connectivity index (χ0v) is 13.2. The van der Waals surface area contributed by atoms with E-state index >= 15 is 0 Å². The van der Waals surface area contributed by atoms with Crippen molar-refractivity contribution in [2.75, 3.05) is 0 Å². The third-order valence-electron chi connectivity index (χ3n) is 3.29. The molecule has 2 rings (SSSR count). The van der Waals surface area contributed by atoms with E-state index < -0.39 is 30.0 Å². The summed E-state index contributed by atoms with van der Waals surface area (Å²) in [6.45, 7) is 0. The molecule has 1 aromatic heterocycles. The van der Waals surface area contributed by atoms with Gasteiger partial charge < -0.3 is 20.6 Å². The molecule has 0 aliphatic carbocycles. The predicted octanol–water partition coefficient (Wildman–Crippen LogP) is 1.23. The van der Waals surface area contributed by atoms with Crippen LogP contribution < -0.4 is 5.32 Å². The second kappa shape index (κ2) is 7.71. The number of amides is 1. The van der Waals surface area contributed by atoms with Crippen LogP contribution in [0.4, 0.5) is 0 Å². The fraction of sp³-hybridized carbons (Fsp3) is 0.188. The van der Waals surface area contributed by atoms with Crippen LogP contribution >= 0.6 is 11.3 Å². The van der Waals surface area contributed by atoms with E-state index in [0.717, 1.165) is 16.9 Å². The molecule has 0 aliphatic rings. The molecule has 0 fully saturated rings. The van der Waals surface area contributed by atoms with Gasteiger partial charge in [0.1, 0.15) is 4.88 Å². The number of nitrogens with one attached hydrogen (secondary N) is 1. The summed E-state index contributed by atoms with van der Waals surface area (Å²) in [5.74, 6) is -3.23. The lowest BCUT2D eigenvalue weighted by atomic mass is 10.0. The maximum absolute atomic E-state index is 12.2. The van der Waals surface area contributed by atoms with Crippen LogP contribution in [0.25, 0.3) is 0 Å². The number of aromatic carboxylic acids is 1. The minimum Gasteiger partial charge on any atom is -0.479 e. The molecule has 0 bridgehead atoms. The number of carbonyl (C=O) groups excluding carboxylic acids is 1. The molecule has 126 valence electrons. The van der Waals surface area contributed by atoms with Gasteiger partial charge in [-0.2, -0.15) is 0 Å². The highest BCUT2D eigenvalue weighted by molar-refractivity contribution is 7.15. The van der Waals surface area contributed by atoms with E-state index in [0.29, 0.717) is 0 Å². The number of aliphatic hydroxyl groups is 1. The Bertz CT molecular complexity index is 742. The Labute approximate surface area is 141 Å². The normalized spacial score (nSPS) is 13.0. The van der Waals surface area contributed by atoms with Crippen LogP contribution in [0.5, 0.6) is 0 Å². The topological polar surface area (TPSA) is 124 Å². The van der Waals surface area contributed by atoms with Gasteiger partial charge in [0.05, 0.1) is 10.9 Å². The fourth-order valence-electron chi connectivity index (χ4n) is 2.10. The third kappa shape index (κ3) is 4.40. The third-order valence-corrected chi connectivity index (χ3v) is 4.36. The molecule has 24 heavy (non-hydrogen) atoms. The van der Waals surface area contributed by atoms with Gasteiger partial charge in [-0.1, -0.05) is 30.3 Å². The zero-order chi connectivity index (χ0) is 17.7. The van der Waals surface area contributed by atoms with E-state index in [1.54, 1.807) is 30.3 Å². The molecule has 8 heteroatoms. The van der Waals surface area contributed by atoms with Gasteiger partial charge in [0.15, 0.2) is 6.10 Å². The van der Waals surface area contributed by atoms with E-state index in [-0.39, 0.29) is 16.2 Å². The summed E-state index contributed by atoms with van der Waals surface area (Å²) in [4.78, 5) is 34.3. The Kier molecular flexibility index (Phi) is 5.67. The van der Waals surface area contributed by atoms with E-state index in [2.05, 4.69) is 5.32 Å². The first-order valence-corrected chi connectivity index (χ1v) is 7.79. The summed E-state index contributed by atoms with van der Waals surface area (Å²) >= 11 is 0.777. The number of carboxylic acid groups (broad SMARTS) is 2. The first-order valence-electron chi connectivity index (χ1n) is 6.97. The zero-order valence-electron chi connectivity index (χ0n) is 12.4. The monoisotopic (exact) mass is 349 g/mol. The average Bonchev–Trinajstić information content (AvgIpc) is 3.04. The van der Waals surface area contributed by atoms with Crippen LogP contribution in [0.2, 0.25) is 0 Å². The molecular weight excluding hydrogens is 334 g/mol. The number of aliphatic hydroxyl groups excluding tert-OH is 1. The van der Waals surface area contributed by atoms with Crippen LogP contribution in [0.15, 0.2) is 42.5 Å². The lowest BCUT2D eigenvalue weighted by Crippen LogP contribution is -2.48. The van der Waals surface area contributed by atoms with Crippen molar-refractivity contribution in [3.8, 4) is 0 Å². The number of carboxylic acids is 2. The van der Waals surface area contributed by atoms with Crippen molar-refractivity contribution in [1.82, 2.24) is 5.32 Å². The van der Waals surface area contributed by atoms with Crippen LogP contribution in [0.1, 0.15) is 24.9 Å². The van der Waals surface area contributed by atoms with Crippen LogP contribution in [0, 0.1) is 0 Å². The van der Waals surface area contributed by atoms with Crippen molar-refractivity contribution in [1.29, 1.82) is 0 Å². The van der Waals surface area contributed by atoms with Crippen molar-refractivity contribution in [2.45, 2.75) is 18.6 Å². The SMILES string of the molecule is O=C(O)c1ccc(C(=O)N[C@H](Cc2ccccc2)[C@@H](O)C(=O)O)s1. The predicted molar refractivity (Wildman–Crippen MR) is 86.3 cm³/mol. The molecule has 2 aromatic rings. The largest absolute Gasteiger partial charge is 0.479 e. The summed E-state index contributed by atoms with van der Waals surface area (Å²) in [5, 5.41) is 30.2. The first kappa shape index (κ1) is 17.6. The van der Waals surface area contributed by atoms with Gasteiger partial charge in [-0.15, -0.1) is 11.3 Å². The highest BCUT2D eigenvalue weighted by atomic mass is 32.1. The minimum absolute atomic E-state index is 0.00135. The van der Waals surface area contributed by atoms with Crippen molar-refractivity contribution >= 4 is 29.2 Å². The number of rotatable bonds is 7. The number of carbonyl (C=O) groups is 3. The molecule has 0 saturated heterocycles. The van der Waals surface area contributed by atoms with Gasteiger partial charge in [0.25, 0.3) is 5.91 Å². The molecule has 0 spiro atoms. The summed E-state index contributed by atoms with van der Waals surface area (Å²) in [5.41, 5.74) is 0.750. The van der Waals surface area contributed by atoms with Crippen LogP contribution in [0.3, 0.4) is 0 Å². The average molecular weight is 349 g/mol. The van der Waals surface area contributed by atoms with Gasteiger partial charge in [-0.3, -0.25) is 4.79 Å². The number of hydrogen-bond acceptors (Lipinski definition) is 5. The molecule has 0 saturated carbocycles. The Hall–Kier alpha value is -2.71. The van der Waals surface area contributed by atoms with E-state index in [4.69, 9.17) is 10.2 Å². The van der Waals surface area contributed by atoms with Crippen molar-refractivity contribution in [3.05, 3.63) is 57.8 Å². The fourth-order valence-corrected chi connectivity index (χ4v) is 2.84. The lowest BCUT2D eigenvalue weighted by molar-refractivity contribution is -0.148. The molecule has 1 amide bonds. The quantitative estimate of drug-likeness (QED) is 0.596.